The summed E-state index contributed by atoms with van der Waals surface area (Å²) < 4.78 is 15.4. The summed E-state index contributed by atoms with van der Waals surface area (Å²) in [6.07, 6.45) is 9.53. The molecule has 0 amide bonds. The molecular formula is C25H30FN3O. The van der Waals surface area contributed by atoms with E-state index in [9.17, 15) is 9.18 Å². The van der Waals surface area contributed by atoms with Crippen LogP contribution in [0.5, 0.6) is 0 Å². The number of rotatable bonds is 3. The average molecular weight is 408 g/mol. The van der Waals surface area contributed by atoms with Crippen LogP contribution < -0.4 is 5.69 Å². The molecule has 5 rings (SSSR count). The molecule has 2 aliphatic rings. The van der Waals surface area contributed by atoms with Crippen LogP contribution in [0.25, 0.3) is 11.0 Å². The number of nitrogens with zero attached hydrogens (tertiary/aromatic N) is 2. The molecule has 0 bridgehead atoms. The molecular weight excluding hydrogens is 377 g/mol. The first-order chi connectivity index (χ1) is 14.7. The van der Waals surface area contributed by atoms with Gasteiger partial charge in [0.1, 0.15) is 5.82 Å². The highest BCUT2D eigenvalue weighted by atomic mass is 19.1. The minimum atomic E-state index is -0.316. The van der Waals surface area contributed by atoms with E-state index in [-0.39, 0.29) is 23.1 Å². The molecule has 1 aliphatic heterocycles. The van der Waals surface area contributed by atoms with E-state index in [2.05, 4.69) is 40.2 Å². The number of likely N-dealkylation sites (tertiary alicyclic amines) is 1. The fourth-order valence-electron chi connectivity index (χ4n) is 5.87. The van der Waals surface area contributed by atoms with E-state index in [1.807, 2.05) is 4.57 Å². The molecule has 1 saturated heterocycles. The molecule has 1 saturated carbocycles. The summed E-state index contributed by atoms with van der Waals surface area (Å²) in [6.45, 7) is 1.97. The molecule has 5 heteroatoms. The highest BCUT2D eigenvalue weighted by Gasteiger charge is 2.40. The molecule has 3 aromatic rings. The molecule has 2 heterocycles. The third-order valence-electron chi connectivity index (χ3n) is 7.36. The van der Waals surface area contributed by atoms with Crippen molar-refractivity contribution < 1.29 is 4.39 Å². The van der Waals surface area contributed by atoms with Gasteiger partial charge in [0.2, 0.25) is 0 Å². The van der Waals surface area contributed by atoms with Gasteiger partial charge in [-0.15, -0.1) is 0 Å². The van der Waals surface area contributed by atoms with Crippen LogP contribution in [-0.2, 0) is 5.54 Å². The maximum Gasteiger partial charge on any atom is 0.326 e. The number of imidazole rings is 1. The number of hydrogen-bond donors (Lipinski definition) is 1. The van der Waals surface area contributed by atoms with Crippen LogP contribution in [0.4, 0.5) is 4.39 Å². The van der Waals surface area contributed by atoms with Gasteiger partial charge in [0.05, 0.1) is 11.0 Å². The van der Waals surface area contributed by atoms with Crippen molar-refractivity contribution >= 4 is 11.0 Å². The zero-order valence-electron chi connectivity index (χ0n) is 17.4. The van der Waals surface area contributed by atoms with Crippen molar-refractivity contribution in [2.24, 2.45) is 0 Å². The third kappa shape index (κ3) is 3.39. The lowest BCUT2D eigenvalue weighted by Crippen LogP contribution is -2.50. The molecule has 1 aliphatic carbocycles. The van der Waals surface area contributed by atoms with Crippen LogP contribution in [-0.4, -0.2) is 27.5 Å². The highest BCUT2D eigenvalue weighted by molar-refractivity contribution is 5.75. The predicted molar refractivity (Wildman–Crippen MR) is 118 cm³/mol. The second-order valence-electron chi connectivity index (χ2n) is 8.99. The van der Waals surface area contributed by atoms with Crippen molar-refractivity contribution in [2.75, 3.05) is 13.1 Å². The molecule has 30 heavy (non-hydrogen) atoms. The van der Waals surface area contributed by atoms with E-state index in [0.29, 0.717) is 5.52 Å². The lowest BCUT2D eigenvalue weighted by atomic mass is 9.79. The zero-order valence-corrected chi connectivity index (χ0v) is 17.4. The van der Waals surface area contributed by atoms with E-state index in [1.54, 1.807) is 6.07 Å². The molecule has 4 nitrogen and oxygen atoms in total. The van der Waals surface area contributed by atoms with Gasteiger partial charge in [-0.2, -0.15) is 0 Å². The summed E-state index contributed by atoms with van der Waals surface area (Å²) in [7, 11) is 0. The van der Waals surface area contributed by atoms with Crippen molar-refractivity contribution in [3.05, 3.63) is 70.4 Å². The number of halogens is 1. The van der Waals surface area contributed by atoms with Crippen LogP contribution in [0.2, 0.25) is 0 Å². The van der Waals surface area contributed by atoms with E-state index < -0.39 is 0 Å². The largest absolute Gasteiger partial charge is 0.326 e. The number of piperidine rings is 1. The maximum absolute atomic E-state index is 13.6. The van der Waals surface area contributed by atoms with Gasteiger partial charge in [0.25, 0.3) is 0 Å². The third-order valence-corrected chi connectivity index (χ3v) is 7.36. The number of H-pyrrole nitrogens is 1. The minimum absolute atomic E-state index is 0.122. The van der Waals surface area contributed by atoms with E-state index in [4.69, 9.17) is 0 Å². The Morgan fingerprint density at radius 3 is 2.33 bits per heavy atom. The molecule has 2 fully saturated rings. The zero-order chi connectivity index (χ0) is 20.6. The first-order valence-corrected chi connectivity index (χ1v) is 11.4. The van der Waals surface area contributed by atoms with Crippen molar-refractivity contribution in [3.8, 4) is 0 Å². The minimum Gasteiger partial charge on any atom is -0.305 e. The number of fused-ring (bicyclic) bond motifs is 1. The summed E-state index contributed by atoms with van der Waals surface area (Å²) in [5.74, 6) is -0.316. The molecule has 0 atom stereocenters. The number of hydrogen-bond acceptors (Lipinski definition) is 2. The van der Waals surface area contributed by atoms with Crippen LogP contribution in [0.3, 0.4) is 0 Å². The number of nitrogens with one attached hydrogen (secondary N) is 1. The molecule has 2 aromatic carbocycles. The van der Waals surface area contributed by atoms with Gasteiger partial charge in [0.15, 0.2) is 0 Å². The summed E-state index contributed by atoms with van der Waals surface area (Å²) in [6, 6.07) is 15.8. The normalized spacial score (nSPS) is 21.0. The maximum atomic E-state index is 13.6. The fourth-order valence-corrected chi connectivity index (χ4v) is 5.87. The summed E-state index contributed by atoms with van der Waals surface area (Å²) in [5.41, 5.74) is 2.85. The summed E-state index contributed by atoms with van der Waals surface area (Å²) in [5, 5.41) is 0. The molecule has 0 unspecified atom stereocenters. The first kappa shape index (κ1) is 19.6. The van der Waals surface area contributed by atoms with Gasteiger partial charge in [-0.05, 0) is 49.4 Å². The van der Waals surface area contributed by atoms with E-state index in [0.717, 1.165) is 31.4 Å². The van der Waals surface area contributed by atoms with E-state index >= 15 is 0 Å². The van der Waals surface area contributed by atoms with Crippen LogP contribution >= 0.6 is 0 Å². The fraction of sp³-hybridized carbons (Fsp3) is 0.480. The second-order valence-corrected chi connectivity index (χ2v) is 8.99. The molecule has 0 radical (unpaired) electrons. The SMILES string of the molecule is O=c1[nH]c2cc(F)ccc2n1C1CCN(C2(c3ccccc3)CCCCCC2)CC1. The number of benzene rings is 2. The Morgan fingerprint density at radius 2 is 1.63 bits per heavy atom. The van der Waals surface area contributed by atoms with Gasteiger partial charge in [-0.1, -0.05) is 56.0 Å². The van der Waals surface area contributed by atoms with Crippen LogP contribution in [0.15, 0.2) is 53.3 Å². The smallest absolute Gasteiger partial charge is 0.305 e. The Balaban J connectivity index is 1.42. The van der Waals surface area contributed by atoms with Crippen molar-refractivity contribution in [2.45, 2.75) is 62.9 Å². The van der Waals surface area contributed by atoms with Crippen molar-refractivity contribution in [3.63, 3.8) is 0 Å². The number of aromatic amines is 1. The summed E-state index contributed by atoms with van der Waals surface area (Å²) >= 11 is 0. The monoisotopic (exact) mass is 407 g/mol. The first-order valence-electron chi connectivity index (χ1n) is 11.4. The Hall–Kier alpha value is -2.40. The van der Waals surface area contributed by atoms with Gasteiger partial charge in [0, 0.05) is 24.7 Å². The van der Waals surface area contributed by atoms with Gasteiger partial charge in [-0.25, -0.2) is 9.18 Å². The standard InChI is InChI=1S/C25H30FN3O/c26-20-10-11-23-22(18-20)27-24(30)29(23)21-12-16-28(17-13-21)25(14-6-1-2-7-15-25)19-8-4-3-5-9-19/h3-5,8-11,18,21H,1-2,6-7,12-17H2,(H,27,30). The molecule has 1 N–H and O–H groups in total. The quantitative estimate of drug-likeness (QED) is 0.594. The Morgan fingerprint density at radius 1 is 0.933 bits per heavy atom. The van der Waals surface area contributed by atoms with Crippen molar-refractivity contribution in [1.29, 1.82) is 0 Å². The Labute approximate surface area is 176 Å². The average Bonchev–Trinajstić information content (AvgIpc) is 2.93. The van der Waals surface area contributed by atoms with Crippen LogP contribution in [0, 0.1) is 5.82 Å². The molecule has 158 valence electrons. The van der Waals surface area contributed by atoms with Gasteiger partial charge < -0.3 is 4.98 Å². The topological polar surface area (TPSA) is 41.0 Å². The summed E-state index contributed by atoms with van der Waals surface area (Å²) in [4.78, 5) is 18.2. The van der Waals surface area contributed by atoms with Gasteiger partial charge in [-0.3, -0.25) is 9.47 Å². The predicted octanol–water partition coefficient (Wildman–Crippen LogP) is 5.36. The highest BCUT2D eigenvalue weighted by Crippen LogP contribution is 2.43. The Bertz CT molecular complexity index is 1050. The van der Waals surface area contributed by atoms with Gasteiger partial charge >= 0.3 is 5.69 Å². The van der Waals surface area contributed by atoms with Crippen LogP contribution in [0.1, 0.15) is 63.0 Å². The second kappa shape index (κ2) is 8.03. The molecule has 1 aromatic heterocycles. The van der Waals surface area contributed by atoms with Crippen molar-refractivity contribution in [1.82, 2.24) is 14.5 Å². The lowest BCUT2D eigenvalue weighted by Gasteiger charge is -2.47. The Kier molecular flexibility index (Phi) is 5.23. The molecule has 0 spiro atoms. The number of aromatic nitrogens is 2. The lowest BCUT2D eigenvalue weighted by molar-refractivity contribution is 0.0356. The van der Waals surface area contributed by atoms with E-state index in [1.165, 1.54) is 56.2 Å².